The fraction of sp³-hybridized carbons (Fsp3) is 0.632. The summed E-state index contributed by atoms with van der Waals surface area (Å²) in [6.07, 6.45) is 7.27. The maximum absolute atomic E-state index is 6.03. The van der Waals surface area contributed by atoms with Crippen molar-refractivity contribution in [3.05, 3.63) is 23.8 Å². The van der Waals surface area contributed by atoms with Crippen LogP contribution in [0.25, 0.3) is 0 Å². The molecule has 1 fully saturated rings. The summed E-state index contributed by atoms with van der Waals surface area (Å²) in [5.41, 5.74) is 7.58. The molecule has 5 nitrogen and oxygen atoms in total. The molecule has 1 saturated carbocycles. The Kier molecular flexibility index (Phi) is 9.38. The Bertz CT molecular complexity index is 558. The van der Waals surface area contributed by atoms with Crippen LogP contribution in [-0.4, -0.2) is 33.3 Å². The zero-order valence-corrected chi connectivity index (χ0v) is 18.0. The van der Waals surface area contributed by atoms with Crippen molar-refractivity contribution in [1.29, 1.82) is 0 Å². The van der Waals surface area contributed by atoms with Crippen LogP contribution in [0.5, 0.6) is 11.5 Å². The molecule has 25 heavy (non-hydrogen) atoms. The van der Waals surface area contributed by atoms with E-state index in [4.69, 9.17) is 15.2 Å². The predicted octanol–water partition coefficient (Wildman–Crippen LogP) is 3.74. The van der Waals surface area contributed by atoms with Crippen LogP contribution < -0.4 is 20.5 Å². The summed E-state index contributed by atoms with van der Waals surface area (Å²) in [7, 11) is 3.29. The lowest BCUT2D eigenvalue weighted by Gasteiger charge is -2.25. The number of ether oxygens (including phenoxy) is 2. The Balaban J connectivity index is 0.00000312. The van der Waals surface area contributed by atoms with E-state index in [9.17, 15) is 0 Å². The molecular weight excluding hydrogens is 429 g/mol. The average molecular weight is 461 g/mol. The van der Waals surface area contributed by atoms with Crippen molar-refractivity contribution in [3.63, 3.8) is 0 Å². The van der Waals surface area contributed by atoms with Crippen LogP contribution in [0.3, 0.4) is 0 Å². The van der Waals surface area contributed by atoms with Crippen LogP contribution in [0.1, 0.15) is 44.6 Å². The highest BCUT2D eigenvalue weighted by Crippen LogP contribution is 2.41. The fourth-order valence-electron chi connectivity index (χ4n) is 3.43. The van der Waals surface area contributed by atoms with Crippen LogP contribution in [0.2, 0.25) is 0 Å². The molecule has 0 unspecified atom stereocenters. The van der Waals surface area contributed by atoms with Gasteiger partial charge < -0.3 is 20.5 Å². The van der Waals surface area contributed by atoms with Gasteiger partial charge in [0.2, 0.25) is 0 Å². The molecule has 1 aromatic carbocycles. The van der Waals surface area contributed by atoms with Crippen LogP contribution in [0, 0.1) is 5.41 Å². The van der Waals surface area contributed by atoms with Gasteiger partial charge in [0.1, 0.15) is 0 Å². The number of hydrogen-bond acceptors (Lipinski definition) is 3. The molecular formula is C19H32IN3O2. The van der Waals surface area contributed by atoms with Crippen molar-refractivity contribution in [1.82, 2.24) is 5.32 Å². The molecule has 1 aromatic rings. The molecule has 3 N–H and O–H groups in total. The van der Waals surface area contributed by atoms with Gasteiger partial charge in [0.05, 0.1) is 14.2 Å². The second-order valence-electron chi connectivity index (χ2n) is 6.63. The molecule has 6 heteroatoms. The highest BCUT2D eigenvalue weighted by Gasteiger charge is 2.31. The van der Waals surface area contributed by atoms with E-state index in [2.05, 4.69) is 17.2 Å². The van der Waals surface area contributed by atoms with Crippen LogP contribution >= 0.6 is 24.0 Å². The molecule has 1 aliphatic carbocycles. The first-order valence-corrected chi connectivity index (χ1v) is 8.87. The Morgan fingerprint density at radius 2 is 1.88 bits per heavy atom. The van der Waals surface area contributed by atoms with Gasteiger partial charge in [-0.15, -0.1) is 24.0 Å². The SMILES string of the molecule is CCC1(CN=C(N)NCCc2ccc(OC)c(OC)c2)CCCC1.I. The molecule has 0 aromatic heterocycles. The maximum atomic E-state index is 6.03. The Hall–Kier alpha value is -1.18. The Labute approximate surface area is 168 Å². The lowest BCUT2D eigenvalue weighted by molar-refractivity contribution is 0.297. The average Bonchev–Trinajstić information content (AvgIpc) is 3.09. The minimum atomic E-state index is 0. The summed E-state index contributed by atoms with van der Waals surface area (Å²) in [4.78, 5) is 4.58. The maximum Gasteiger partial charge on any atom is 0.188 e. The largest absolute Gasteiger partial charge is 0.493 e. The van der Waals surface area contributed by atoms with Gasteiger partial charge in [0, 0.05) is 13.1 Å². The lowest BCUT2D eigenvalue weighted by atomic mass is 9.84. The number of hydrogen-bond donors (Lipinski definition) is 2. The molecule has 142 valence electrons. The minimum absolute atomic E-state index is 0. The standard InChI is InChI=1S/C19H31N3O2.HI/c1-4-19(10-5-6-11-19)14-22-18(20)21-12-9-15-7-8-16(23-2)17(13-15)24-3;/h7-8,13H,4-6,9-12,14H2,1-3H3,(H3,20,21,22);1H. The normalized spacial score (nSPS) is 16.2. The summed E-state index contributed by atoms with van der Waals surface area (Å²) in [6, 6.07) is 5.97. The number of guanidine groups is 1. The number of methoxy groups -OCH3 is 2. The van der Waals surface area contributed by atoms with Crippen molar-refractivity contribution in [3.8, 4) is 11.5 Å². The van der Waals surface area contributed by atoms with Gasteiger partial charge in [0.25, 0.3) is 0 Å². The number of nitrogens with zero attached hydrogens (tertiary/aromatic N) is 1. The highest BCUT2D eigenvalue weighted by atomic mass is 127. The Morgan fingerprint density at radius 3 is 2.48 bits per heavy atom. The van der Waals surface area contributed by atoms with E-state index in [1.165, 1.54) is 37.7 Å². The molecule has 0 radical (unpaired) electrons. The quantitative estimate of drug-likeness (QED) is 0.352. The smallest absolute Gasteiger partial charge is 0.188 e. The molecule has 2 rings (SSSR count). The number of benzene rings is 1. The summed E-state index contributed by atoms with van der Waals surface area (Å²) in [6.45, 7) is 3.87. The van der Waals surface area contributed by atoms with E-state index in [0.717, 1.165) is 31.0 Å². The summed E-state index contributed by atoms with van der Waals surface area (Å²) < 4.78 is 10.6. The summed E-state index contributed by atoms with van der Waals surface area (Å²) in [5, 5.41) is 3.22. The predicted molar refractivity (Wildman–Crippen MR) is 114 cm³/mol. The number of halogens is 1. The van der Waals surface area contributed by atoms with E-state index >= 15 is 0 Å². The van der Waals surface area contributed by atoms with Crippen molar-refractivity contribution in [2.75, 3.05) is 27.3 Å². The van der Waals surface area contributed by atoms with E-state index in [-0.39, 0.29) is 24.0 Å². The zero-order valence-electron chi connectivity index (χ0n) is 15.6. The first-order chi connectivity index (χ1) is 11.6. The van der Waals surface area contributed by atoms with Crippen molar-refractivity contribution < 1.29 is 9.47 Å². The van der Waals surface area contributed by atoms with Gasteiger partial charge in [0.15, 0.2) is 17.5 Å². The monoisotopic (exact) mass is 461 g/mol. The van der Waals surface area contributed by atoms with Gasteiger partial charge in [-0.25, -0.2) is 0 Å². The Morgan fingerprint density at radius 1 is 1.20 bits per heavy atom. The second kappa shape index (κ2) is 10.7. The first kappa shape index (κ1) is 21.9. The molecule has 0 spiro atoms. The van der Waals surface area contributed by atoms with Gasteiger partial charge >= 0.3 is 0 Å². The zero-order chi connectivity index (χ0) is 17.4. The topological polar surface area (TPSA) is 68.9 Å². The van der Waals surface area contributed by atoms with Gasteiger partial charge in [-0.1, -0.05) is 25.8 Å². The summed E-state index contributed by atoms with van der Waals surface area (Å²) in [5.74, 6) is 2.05. The first-order valence-electron chi connectivity index (χ1n) is 8.87. The molecule has 0 atom stereocenters. The van der Waals surface area contributed by atoms with Gasteiger partial charge in [-0.3, -0.25) is 4.99 Å². The number of rotatable bonds is 8. The van der Waals surface area contributed by atoms with Crippen LogP contribution in [0.4, 0.5) is 0 Å². The van der Waals surface area contributed by atoms with Crippen LogP contribution in [-0.2, 0) is 6.42 Å². The fourth-order valence-corrected chi connectivity index (χ4v) is 3.43. The van der Waals surface area contributed by atoms with Gasteiger partial charge in [-0.05, 0) is 48.8 Å². The van der Waals surface area contributed by atoms with Crippen LogP contribution in [0.15, 0.2) is 23.2 Å². The van der Waals surface area contributed by atoms with Crippen molar-refractivity contribution >= 4 is 29.9 Å². The summed E-state index contributed by atoms with van der Waals surface area (Å²) >= 11 is 0. The molecule has 0 saturated heterocycles. The minimum Gasteiger partial charge on any atom is -0.493 e. The molecule has 0 aliphatic heterocycles. The number of nitrogens with one attached hydrogen (secondary N) is 1. The molecule has 0 bridgehead atoms. The third-order valence-electron chi connectivity index (χ3n) is 5.17. The molecule has 0 amide bonds. The lowest BCUT2D eigenvalue weighted by Crippen LogP contribution is -2.34. The second-order valence-corrected chi connectivity index (χ2v) is 6.63. The van der Waals surface area contributed by atoms with Crippen molar-refractivity contribution in [2.45, 2.75) is 45.4 Å². The number of aliphatic imine (C=N–C) groups is 1. The van der Waals surface area contributed by atoms with E-state index in [0.29, 0.717) is 11.4 Å². The third-order valence-corrected chi connectivity index (χ3v) is 5.17. The third kappa shape index (κ3) is 6.24. The number of nitrogens with two attached hydrogens (primary N) is 1. The highest BCUT2D eigenvalue weighted by molar-refractivity contribution is 14.0. The van der Waals surface area contributed by atoms with Crippen molar-refractivity contribution in [2.24, 2.45) is 16.1 Å². The van der Waals surface area contributed by atoms with E-state index in [1.54, 1.807) is 14.2 Å². The van der Waals surface area contributed by atoms with E-state index < -0.39 is 0 Å². The van der Waals surface area contributed by atoms with E-state index in [1.807, 2.05) is 18.2 Å². The molecule has 0 heterocycles. The van der Waals surface area contributed by atoms with Gasteiger partial charge in [-0.2, -0.15) is 0 Å². The molecule has 1 aliphatic rings.